The van der Waals surface area contributed by atoms with E-state index >= 15 is 0 Å². The van der Waals surface area contributed by atoms with E-state index in [1.54, 1.807) is 42.1 Å². The molecule has 3 nitrogen and oxygen atoms in total. The second-order valence-corrected chi connectivity index (χ2v) is 6.49. The van der Waals surface area contributed by atoms with Crippen molar-refractivity contribution in [2.24, 2.45) is 0 Å². The van der Waals surface area contributed by atoms with Crippen molar-refractivity contribution >= 4 is 34.8 Å². The van der Waals surface area contributed by atoms with Crippen molar-refractivity contribution in [2.45, 2.75) is 11.8 Å². The normalized spacial score (nSPS) is 14.7. The molecule has 0 unspecified atom stereocenters. The lowest BCUT2D eigenvalue weighted by atomic mass is 10.1. The predicted octanol–water partition coefficient (Wildman–Crippen LogP) is 4.87. The first-order valence-corrected chi connectivity index (χ1v) is 8.33. The number of halogens is 1. The Morgan fingerprint density at radius 2 is 2.04 bits per heavy atom. The van der Waals surface area contributed by atoms with Crippen LogP contribution in [0.3, 0.4) is 0 Å². The number of ketones is 1. The number of hydrogen-bond acceptors (Lipinski definition) is 4. The zero-order valence-electron chi connectivity index (χ0n) is 12.4. The van der Waals surface area contributed by atoms with Crippen LogP contribution in [0.25, 0.3) is 0 Å². The van der Waals surface area contributed by atoms with E-state index in [9.17, 15) is 4.79 Å². The number of carbonyl (C=O) groups excluding carboxylic acids is 1. The molecule has 3 rings (SSSR count). The molecular weight excluding hydrogens is 328 g/mol. The van der Waals surface area contributed by atoms with Gasteiger partial charge in [-0.05, 0) is 49.4 Å². The fraction of sp³-hybridized carbons (Fsp3) is 0.111. The Labute approximate surface area is 144 Å². The summed E-state index contributed by atoms with van der Waals surface area (Å²) in [5.74, 6) is -0.0747. The van der Waals surface area contributed by atoms with E-state index in [4.69, 9.17) is 16.9 Å². The SMILES string of the molecule is CCN1/C(=C/C(=O)c2ccc(C#N)cc2)Sc2ccc(Cl)cc21. The molecule has 0 saturated heterocycles. The summed E-state index contributed by atoms with van der Waals surface area (Å²) in [6, 6.07) is 14.5. The minimum atomic E-state index is -0.0747. The number of thioether (sulfide) groups is 1. The molecule has 0 N–H and O–H groups in total. The summed E-state index contributed by atoms with van der Waals surface area (Å²) >= 11 is 7.64. The maximum Gasteiger partial charge on any atom is 0.188 e. The Morgan fingerprint density at radius 3 is 2.70 bits per heavy atom. The highest BCUT2D eigenvalue weighted by Gasteiger charge is 2.25. The van der Waals surface area contributed by atoms with Gasteiger partial charge in [-0.2, -0.15) is 5.26 Å². The van der Waals surface area contributed by atoms with E-state index in [1.165, 1.54) is 0 Å². The van der Waals surface area contributed by atoms with E-state index in [1.807, 2.05) is 31.2 Å². The van der Waals surface area contributed by atoms with Gasteiger partial charge in [0.1, 0.15) is 0 Å². The second kappa shape index (κ2) is 6.49. The molecule has 5 heteroatoms. The first kappa shape index (κ1) is 15.7. The Bertz CT molecular complexity index is 837. The fourth-order valence-electron chi connectivity index (χ4n) is 2.41. The molecular formula is C18H13ClN2OS. The van der Waals surface area contributed by atoms with Gasteiger partial charge >= 0.3 is 0 Å². The number of nitriles is 1. The maximum absolute atomic E-state index is 12.5. The van der Waals surface area contributed by atoms with Crippen LogP contribution in [0.1, 0.15) is 22.8 Å². The summed E-state index contributed by atoms with van der Waals surface area (Å²) in [5.41, 5.74) is 2.15. The fourth-order valence-corrected chi connectivity index (χ4v) is 3.72. The molecule has 1 aliphatic rings. The summed E-state index contributed by atoms with van der Waals surface area (Å²) < 4.78 is 0. The summed E-state index contributed by atoms with van der Waals surface area (Å²) in [6.45, 7) is 2.80. The molecule has 0 bridgehead atoms. The number of nitrogens with zero attached hydrogens (tertiary/aromatic N) is 2. The molecule has 0 fully saturated rings. The van der Waals surface area contributed by atoms with Crippen molar-refractivity contribution in [2.75, 3.05) is 11.4 Å². The standard InChI is InChI=1S/C18H13ClN2OS/c1-2-21-15-9-14(19)7-8-17(15)23-18(21)10-16(22)13-5-3-12(11-20)4-6-13/h3-10H,2H2,1H3/b18-10-. The average molecular weight is 341 g/mol. The van der Waals surface area contributed by atoms with E-state index in [0.717, 1.165) is 22.2 Å². The Balaban J connectivity index is 1.90. The lowest BCUT2D eigenvalue weighted by Gasteiger charge is -2.17. The summed E-state index contributed by atoms with van der Waals surface area (Å²) in [4.78, 5) is 15.6. The molecule has 0 atom stereocenters. The van der Waals surface area contributed by atoms with Gasteiger partial charge in [0.2, 0.25) is 0 Å². The van der Waals surface area contributed by atoms with Crippen LogP contribution in [0, 0.1) is 11.3 Å². The van der Waals surface area contributed by atoms with Crippen LogP contribution in [0.4, 0.5) is 5.69 Å². The lowest BCUT2D eigenvalue weighted by Crippen LogP contribution is -2.17. The molecule has 0 aliphatic carbocycles. The van der Waals surface area contributed by atoms with E-state index in [-0.39, 0.29) is 5.78 Å². The van der Waals surface area contributed by atoms with Crippen LogP contribution in [0.5, 0.6) is 0 Å². The molecule has 0 spiro atoms. The van der Waals surface area contributed by atoms with Crippen LogP contribution in [-0.4, -0.2) is 12.3 Å². The van der Waals surface area contributed by atoms with Gasteiger partial charge in [0, 0.05) is 28.1 Å². The van der Waals surface area contributed by atoms with Crippen LogP contribution in [0.15, 0.2) is 58.5 Å². The minimum absolute atomic E-state index is 0.0747. The molecule has 2 aromatic rings. The number of benzene rings is 2. The molecule has 23 heavy (non-hydrogen) atoms. The van der Waals surface area contributed by atoms with Crippen LogP contribution in [-0.2, 0) is 0 Å². The lowest BCUT2D eigenvalue weighted by molar-refractivity contribution is 0.104. The molecule has 1 heterocycles. The monoisotopic (exact) mass is 340 g/mol. The third-order valence-corrected chi connectivity index (χ3v) is 4.91. The average Bonchev–Trinajstić information content (AvgIpc) is 2.91. The van der Waals surface area contributed by atoms with Gasteiger partial charge in [-0.3, -0.25) is 4.79 Å². The number of anilines is 1. The number of allylic oxidation sites excluding steroid dienone is 1. The number of hydrogen-bond donors (Lipinski definition) is 0. The van der Waals surface area contributed by atoms with Crippen LogP contribution < -0.4 is 4.90 Å². The Hall–Kier alpha value is -2.22. The highest BCUT2D eigenvalue weighted by Crippen LogP contribution is 2.46. The van der Waals surface area contributed by atoms with E-state index < -0.39 is 0 Å². The molecule has 1 aliphatic heterocycles. The van der Waals surface area contributed by atoms with Crippen molar-refractivity contribution in [3.8, 4) is 6.07 Å². The van der Waals surface area contributed by atoms with Gasteiger partial charge in [0.05, 0.1) is 22.3 Å². The first-order chi connectivity index (χ1) is 11.1. The predicted molar refractivity (Wildman–Crippen MR) is 93.9 cm³/mol. The van der Waals surface area contributed by atoms with Gasteiger partial charge in [0.15, 0.2) is 5.78 Å². The highest BCUT2D eigenvalue weighted by molar-refractivity contribution is 8.03. The van der Waals surface area contributed by atoms with Crippen molar-refractivity contribution in [1.29, 1.82) is 5.26 Å². The molecule has 0 aromatic heterocycles. The molecule has 114 valence electrons. The second-order valence-electron chi connectivity index (χ2n) is 4.99. The molecule has 0 saturated carbocycles. The molecule has 0 amide bonds. The number of rotatable bonds is 3. The Morgan fingerprint density at radius 1 is 1.30 bits per heavy atom. The zero-order valence-corrected chi connectivity index (χ0v) is 14.0. The highest BCUT2D eigenvalue weighted by atomic mass is 35.5. The third kappa shape index (κ3) is 3.12. The van der Waals surface area contributed by atoms with Crippen molar-refractivity contribution in [1.82, 2.24) is 0 Å². The quantitative estimate of drug-likeness (QED) is 0.590. The topological polar surface area (TPSA) is 44.1 Å². The van der Waals surface area contributed by atoms with Crippen molar-refractivity contribution in [3.05, 3.63) is 69.7 Å². The molecule has 0 radical (unpaired) electrons. The van der Waals surface area contributed by atoms with Gasteiger partial charge in [-0.15, -0.1) is 0 Å². The third-order valence-electron chi connectivity index (χ3n) is 3.56. The Kier molecular flexibility index (Phi) is 4.42. The van der Waals surface area contributed by atoms with Crippen LogP contribution >= 0.6 is 23.4 Å². The van der Waals surface area contributed by atoms with Crippen LogP contribution in [0.2, 0.25) is 5.02 Å². The minimum Gasteiger partial charge on any atom is -0.335 e. The summed E-state index contributed by atoms with van der Waals surface area (Å²) in [7, 11) is 0. The molecule has 2 aromatic carbocycles. The van der Waals surface area contributed by atoms with Gasteiger partial charge in [-0.1, -0.05) is 23.4 Å². The smallest absolute Gasteiger partial charge is 0.188 e. The summed E-state index contributed by atoms with van der Waals surface area (Å²) in [5, 5.41) is 10.4. The summed E-state index contributed by atoms with van der Waals surface area (Å²) in [6.07, 6.45) is 1.64. The number of fused-ring (bicyclic) bond motifs is 1. The maximum atomic E-state index is 12.5. The number of carbonyl (C=O) groups is 1. The van der Waals surface area contributed by atoms with E-state index in [2.05, 4.69) is 4.90 Å². The van der Waals surface area contributed by atoms with Gasteiger partial charge < -0.3 is 4.90 Å². The van der Waals surface area contributed by atoms with E-state index in [0.29, 0.717) is 16.1 Å². The van der Waals surface area contributed by atoms with Gasteiger partial charge in [0.25, 0.3) is 0 Å². The van der Waals surface area contributed by atoms with Crippen molar-refractivity contribution < 1.29 is 4.79 Å². The largest absolute Gasteiger partial charge is 0.335 e. The van der Waals surface area contributed by atoms with Gasteiger partial charge in [-0.25, -0.2) is 0 Å². The first-order valence-electron chi connectivity index (χ1n) is 7.13. The zero-order chi connectivity index (χ0) is 16.4. The van der Waals surface area contributed by atoms with Crippen molar-refractivity contribution in [3.63, 3.8) is 0 Å².